The van der Waals surface area contributed by atoms with Crippen molar-refractivity contribution in [3.63, 3.8) is 0 Å². The van der Waals surface area contributed by atoms with Gasteiger partial charge in [0.1, 0.15) is 17.7 Å². The van der Waals surface area contributed by atoms with Gasteiger partial charge in [0.15, 0.2) is 11.6 Å². The Balaban J connectivity index is 1.49. The molecule has 4 heterocycles. The number of rotatable bonds is 8. The van der Waals surface area contributed by atoms with Gasteiger partial charge in [-0.05, 0) is 30.2 Å². The number of nitrogens with one attached hydrogen (secondary N) is 3. The number of fused-ring (bicyclic) bond motifs is 1. The van der Waals surface area contributed by atoms with Gasteiger partial charge in [0, 0.05) is 42.1 Å². The molecule has 0 radical (unpaired) electrons. The van der Waals surface area contributed by atoms with Gasteiger partial charge in [-0.1, -0.05) is 30.3 Å². The third-order valence-electron chi connectivity index (χ3n) is 5.08. The third-order valence-corrected chi connectivity index (χ3v) is 5.08. The van der Waals surface area contributed by atoms with Gasteiger partial charge in [-0.15, -0.1) is 0 Å². The van der Waals surface area contributed by atoms with Gasteiger partial charge in [0.25, 0.3) is 0 Å². The van der Waals surface area contributed by atoms with Gasteiger partial charge in [-0.25, -0.2) is 20.1 Å². The minimum absolute atomic E-state index is 0.0876. The Morgan fingerprint density at radius 2 is 1.76 bits per heavy atom. The molecule has 0 unspecified atom stereocenters. The van der Waals surface area contributed by atoms with Crippen LogP contribution in [0.2, 0.25) is 0 Å². The number of nitrogens with zero attached hydrogens (tertiary/aromatic N) is 6. The minimum atomic E-state index is -0.0876. The molecule has 5 rings (SSSR count). The van der Waals surface area contributed by atoms with Crippen molar-refractivity contribution in [3.05, 3.63) is 79.0 Å². The van der Waals surface area contributed by atoms with Crippen molar-refractivity contribution in [1.29, 1.82) is 0 Å². The number of aromatic nitrogens is 7. The molecule has 10 nitrogen and oxygen atoms in total. The number of hydrogen-bond donors (Lipinski definition) is 4. The van der Waals surface area contributed by atoms with Crippen LogP contribution in [0.3, 0.4) is 0 Å². The summed E-state index contributed by atoms with van der Waals surface area (Å²) in [5.41, 5.74) is 9.10. The zero-order valence-electron chi connectivity index (χ0n) is 17.7. The molecule has 33 heavy (non-hydrogen) atoms. The average molecular weight is 438 g/mol. The molecule has 0 fully saturated rings. The fourth-order valence-electron chi connectivity index (χ4n) is 3.51. The second-order valence-corrected chi connectivity index (χ2v) is 7.48. The Labute approximate surface area is 189 Å². The molecule has 0 amide bonds. The maximum absolute atomic E-state index is 6.41. The highest BCUT2D eigenvalue weighted by Crippen LogP contribution is 2.29. The maximum Gasteiger partial charge on any atom is 0.224 e. The summed E-state index contributed by atoms with van der Waals surface area (Å²) < 4.78 is 0. The standard InChI is InChI=1S/C23H22N10/c24-17(12-15-4-2-1-3-5-15)13-27-21-18-8-11-26-22(32-23-28-14-29-33-23)19(18)30-20(31-21)16-6-9-25-10-7-16/h1-11,14,17H,12-13,24H2,(H,27,30,31)(H2,26,28,29,32,33)/t17-/m0/s1. The van der Waals surface area contributed by atoms with Crippen LogP contribution in [0.25, 0.3) is 22.3 Å². The van der Waals surface area contributed by atoms with Crippen LogP contribution in [0, 0.1) is 0 Å². The van der Waals surface area contributed by atoms with E-state index in [0.29, 0.717) is 35.5 Å². The largest absolute Gasteiger partial charge is 0.368 e. The lowest BCUT2D eigenvalue weighted by molar-refractivity contribution is 0.698. The first-order chi connectivity index (χ1) is 16.3. The van der Waals surface area contributed by atoms with E-state index in [4.69, 9.17) is 15.7 Å². The zero-order chi connectivity index (χ0) is 22.5. The molecule has 4 aromatic heterocycles. The lowest BCUT2D eigenvalue weighted by Crippen LogP contribution is -2.31. The van der Waals surface area contributed by atoms with Crippen LogP contribution in [-0.2, 0) is 6.42 Å². The van der Waals surface area contributed by atoms with Crippen LogP contribution >= 0.6 is 0 Å². The second-order valence-electron chi connectivity index (χ2n) is 7.48. The molecule has 0 aliphatic heterocycles. The molecular formula is C23H22N10. The molecule has 5 N–H and O–H groups in total. The van der Waals surface area contributed by atoms with Crippen molar-refractivity contribution < 1.29 is 0 Å². The van der Waals surface area contributed by atoms with Gasteiger partial charge in [0.2, 0.25) is 5.95 Å². The van der Waals surface area contributed by atoms with Crippen LogP contribution in [0.1, 0.15) is 5.56 Å². The predicted octanol–water partition coefficient (Wildman–Crippen LogP) is 2.93. The Bertz CT molecular complexity index is 1320. The normalized spacial score (nSPS) is 11.9. The predicted molar refractivity (Wildman–Crippen MR) is 127 cm³/mol. The highest BCUT2D eigenvalue weighted by molar-refractivity contribution is 5.97. The first kappa shape index (κ1) is 20.5. The average Bonchev–Trinajstić information content (AvgIpc) is 3.37. The smallest absolute Gasteiger partial charge is 0.224 e. The SMILES string of the molecule is N[C@H](CNc1nc(-c2ccncc2)nc2c(Nc3ncn[nH]3)nccc12)Cc1ccccc1. The Morgan fingerprint density at radius 1 is 0.909 bits per heavy atom. The summed E-state index contributed by atoms with van der Waals surface area (Å²) in [7, 11) is 0. The van der Waals surface area contributed by atoms with E-state index in [1.807, 2.05) is 36.4 Å². The van der Waals surface area contributed by atoms with E-state index in [9.17, 15) is 0 Å². The van der Waals surface area contributed by atoms with E-state index in [0.717, 1.165) is 17.4 Å². The number of anilines is 3. The van der Waals surface area contributed by atoms with E-state index >= 15 is 0 Å². The zero-order valence-corrected chi connectivity index (χ0v) is 17.7. The van der Waals surface area contributed by atoms with Crippen molar-refractivity contribution in [3.8, 4) is 11.4 Å². The van der Waals surface area contributed by atoms with Crippen molar-refractivity contribution in [2.75, 3.05) is 17.2 Å². The van der Waals surface area contributed by atoms with E-state index in [2.05, 4.69) is 47.9 Å². The van der Waals surface area contributed by atoms with Crippen molar-refractivity contribution in [2.45, 2.75) is 12.5 Å². The van der Waals surface area contributed by atoms with Gasteiger partial charge >= 0.3 is 0 Å². The molecule has 0 aliphatic carbocycles. The van der Waals surface area contributed by atoms with Gasteiger partial charge < -0.3 is 16.4 Å². The highest BCUT2D eigenvalue weighted by atomic mass is 15.3. The van der Waals surface area contributed by atoms with Crippen LogP contribution in [-0.4, -0.2) is 47.7 Å². The van der Waals surface area contributed by atoms with E-state index < -0.39 is 0 Å². The molecule has 1 atom stereocenters. The Kier molecular flexibility index (Phi) is 5.81. The molecule has 0 spiro atoms. The molecule has 10 heteroatoms. The molecule has 5 aromatic rings. The lowest BCUT2D eigenvalue weighted by atomic mass is 10.1. The Hall–Kier alpha value is -4.44. The summed E-state index contributed by atoms with van der Waals surface area (Å²) in [6.07, 6.45) is 7.30. The second kappa shape index (κ2) is 9.37. The summed E-state index contributed by atoms with van der Waals surface area (Å²) >= 11 is 0. The quantitative estimate of drug-likeness (QED) is 0.287. The van der Waals surface area contributed by atoms with E-state index in [-0.39, 0.29) is 6.04 Å². The monoisotopic (exact) mass is 438 g/mol. The molecule has 0 saturated heterocycles. The number of pyridine rings is 2. The maximum atomic E-state index is 6.41. The number of benzene rings is 1. The number of nitrogens with two attached hydrogens (primary N) is 1. The summed E-state index contributed by atoms with van der Waals surface area (Å²) in [4.78, 5) is 22.2. The van der Waals surface area contributed by atoms with Crippen LogP contribution in [0.15, 0.2) is 73.4 Å². The third kappa shape index (κ3) is 4.75. The molecule has 0 aliphatic rings. The van der Waals surface area contributed by atoms with Crippen LogP contribution < -0.4 is 16.4 Å². The molecule has 164 valence electrons. The Morgan fingerprint density at radius 3 is 2.55 bits per heavy atom. The highest BCUT2D eigenvalue weighted by Gasteiger charge is 2.15. The van der Waals surface area contributed by atoms with Gasteiger partial charge in [0.05, 0.1) is 0 Å². The van der Waals surface area contributed by atoms with Crippen molar-refractivity contribution >= 4 is 28.5 Å². The molecule has 1 aromatic carbocycles. The first-order valence-corrected chi connectivity index (χ1v) is 10.5. The fraction of sp³-hybridized carbons (Fsp3) is 0.130. The fourth-order valence-corrected chi connectivity index (χ4v) is 3.51. The summed E-state index contributed by atoms with van der Waals surface area (Å²) in [6.45, 7) is 0.546. The van der Waals surface area contributed by atoms with Gasteiger partial charge in [-0.3, -0.25) is 4.98 Å². The number of aromatic amines is 1. The van der Waals surface area contributed by atoms with Crippen molar-refractivity contribution in [2.24, 2.45) is 5.73 Å². The van der Waals surface area contributed by atoms with Crippen molar-refractivity contribution in [1.82, 2.24) is 35.1 Å². The molecular weight excluding hydrogens is 416 g/mol. The summed E-state index contributed by atoms with van der Waals surface area (Å²) in [6, 6.07) is 15.7. The van der Waals surface area contributed by atoms with Gasteiger partial charge in [-0.2, -0.15) is 10.1 Å². The number of hydrogen-bond acceptors (Lipinski definition) is 9. The molecule has 0 bridgehead atoms. The lowest BCUT2D eigenvalue weighted by Gasteiger charge is -2.16. The summed E-state index contributed by atoms with van der Waals surface area (Å²) in [5.74, 6) is 2.24. The first-order valence-electron chi connectivity index (χ1n) is 10.5. The minimum Gasteiger partial charge on any atom is -0.368 e. The number of H-pyrrole nitrogens is 1. The van der Waals surface area contributed by atoms with Crippen LogP contribution in [0.4, 0.5) is 17.6 Å². The molecule has 0 saturated carbocycles. The van der Waals surface area contributed by atoms with E-state index in [1.54, 1.807) is 18.6 Å². The van der Waals surface area contributed by atoms with Crippen LogP contribution in [0.5, 0.6) is 0 Å². The topological polar surface area (TPSA) is 143 Å². The summed E-state index contributed by atoms with van der Waals surface area (Å²) in [5, 5.41) is 14.0. The van der Waals surface area contributed by atoms with E-state index in [1.165, 1.54) is 11.9 Å².